The van der Waals surface area contributed by atoms with E-state index in [1.807, 2.05) is 0 Å². The van der Waals surface area contributed by atoms with E-state index in [4.69, 9.17) is 5.11 Å². The average Bonchev–Trinajstić information content (AvgIpc) is 2.80. The highest BCUT2D eigenvalue weighted by molar-refractivity contribution is 7.84. The van der Waals surface area contributed by atoms with Crippen LogP contribution in [-0.4, -0.2) is 41.2 Å². The molecular formula is C9H14N4O3S. The van der Waals surface area contributed by atoms with E-state index < -0.39 is 16.8 Å². The molecule has 1 saturated carbocycles. The molecule has 0 aromatic carbocycles. The molecule has 1 aromatic rings. The lowest BCUT2D eigenvalue weighted by atomic mass is 10.1. The molecule has 8 heteroatoms. The van der Waals surface area contributed by atoms with Crippen LogP contribution in [0.3, 0.4) is 0 Å². The summed E-state index contributed by atoms with van der Waals surface area (Å²) >= 11 is 0. The van der Waals surface area contributed by atoms with Crippen LogP contribution in [-0.2, 0) is 28.4 Å². The second-order valence-corrected chi connectivity index (χ2v) is 5.95. The van der Waals surface area contributed by atoms with Gasteiger partial charge in [-0.25, -0.2) is 0 Å². The predicted octanol–water partition coefficient (Wildman–Crippen LogP) is -0.286. The summed E-state index contributed by atoms with van der Waals surface area (Å²) in [5, 5.41) is 20.1. The van der Waals surface area contributed by atoms with Gasteiger partial charge < -0.3 is 5.11 Å². The first kappa shape index (κ1) is 12.2. The lowest BCUT2D eigenvalue weighted by molar-refractivity contribution is -0.138. The minimum Gasteiger partial charge on any atom is -0.481 e. The largest absolute Gasteiger partial charge is 0.481 e. The topological polar surface area (TPSA) is 98.0 Å². The molecule has 17 heavy (non-hydrogen) atoms. The number of nitrogens with zero attached hydrogens (tertiary/aromatic N) is 4. The van der Waals surface area contributed by atoms with Crippen LogP contribution in [0.1, 0.15) is 25.1 Å². The number of carboxylic acids is 1. The Labute approximate surface area is 101 Å². The normalized spacial score (nSPS) is 18.9. The Morgan fingerprint density at radius 2 is 2.29 bits per heavy atom. The molecule has 0 spiro atoms. The van der Waals surface area contributed by atoms with Gasteiger partial charge in [-0.15, -0.1) is 10.2 Å². The first-order valence-electron chi connectivity index (χ1n) is 5.29. The number of carbonyl (C=O) groups is 1. The fourth-order valence-corrected chi connectivity index (χ4v) is 3.37. The molecule has 0 radical (unpaired) electrons. The molecule has 1 heterocycles. The minimum absolute atomic E-state index is 0.104. The van der Waals surface area contributed by atoms with E-state index >= 15 is 0 Å². The standard InChI is InChI=1S/C9H14N4O3S/c1-13-11-7(10-12-13)5-17(16)6-9(2-3-9)4-8(14)15/h2-6H2,1H3,(H,14,15). The third-order valence-electron chi connectivity index (χ3n) is 2.79. The third-order valence-corrected chi connectivity index (χ3v) is 4.30. The fraction of sp³-hybridized carbons (Fsp3) is 0.778. The summed E-state index contributed by atoms with van der Waals surface area (Å²) in [7, 11) is 0.522. The number of carboxylic acid groups (broad SMARTS) is 1. The third kappa shape index (κ3) is 3.32. The van der Waals surface area contributed by atoms with Crippen molar-refractivity contribution in [2.24, 2.45) is 12.5 Å². The minimum atomic E-state index is -1.12. The molecule has 1 N–H and O–H groups in total. The Morgan fingerprint density at radius 3 is 2.76 bits per heavy atom. The molecule has 1 unspecified atom stereocenters. The lowest BCUT2D eigenvalue weighted by Crippen LogP contribution is -2.17. The van der Waals surface area contributed by atoms with Gasteiger partial charge in [-0.3, -0.25) is 9.00 Å². The van der Waals surface area contributed by atoms with E-state index in [0.29, 0.717) is 11.6 Å². The second-order valence-electron chi connectivity index (χ2n) is 4.49. The number of tetrazole rings is 1. The molecule has 1 atom stereocenters. The Kier molecular flexibility index (Phi) is 3.23. The maximum atomic E-state index is 11.9. The van der Waals surface area contributed by atoms with Gasteiger partial charge in [0.25, 0.3) is 0 Å². The van der Waals surface area contributed by atoms with Crippen LogP contribution in [0.2, 0.25) is 0 Å². The van der Waals surface area contributed by atoms with Crippen molar-refractivity contribution in [1.29, 1.82) is 0 Å². The zero-order valence-corrected chi connectivity index (χ0v) is 10.3. The summed E-state index contributed by atoms with van der Waals surface area (Å²) in [6, 6.07) is 0. The number of rotatable bonds is 6. The van der Waals surface area contributed by atoms with Gasteiger partial charge in [0.15, 0.2) is 5.82 Å². The molecule has 1 aliphatic rings. The number of aromatic nitrogens is 4. The van der Waals surface area contributed by atoms with Crippen molar-refractivity contribution in [1.82, 2.24) is 20.2 Å². The Balaban J connectivity index is 1.87. The van der Waals surface area contributed by atoms with Crippen molar-refractivity contribution in [3.8, 4) is 0 Å². The van der Waals surface area contributed by atoms with Gasteiger partial charge in [0, 0.05) is 16.6 Å². The Hall–Kier alpha value is -1.31. The molecule has 1 fully saturated rings. The van der Waals surface area contributed by atoms with Crippen LogP contribution in [0, 0.1) is 5.41 Å². The molecular weight excluding hydrogens is 244 g/mol. The maximum Gasteiger partial charge on any atom is 0.303 e. The Bertz CT molecular complexity index is 455. The zero-order chi connectivity index (χ0) is 12.5. The highest BCUT2D eigenvalue weighted by atomic mass is 32.2. The van der Waals surface area contributed by atoms with Crippen molar-refractivity contribution < 1.29 is 14.1 Å². The summed E-state index contributed by atoms with van der Waals surface area (Å²) in [5.41, 5.74) is -0.251. The van der Waals surface area contributed by atoms with Crippen molar-refractivity contribution in [3.05, 3.63) is 5.82 Å². The van der Waals surface area contributed by atoms with Crippen molar-refractivity contribution in [2.75, 3.05) is 5.75 Å². The molecule has 94 valence electrons. The molecule has 0 amide bonds. The van der Waals surface area contributed by atoms with Crippen molar-refractivity contribution >= 4 is 16.8 Å². The summed E-state index contributed by atoms with van der Waals surface area (Å²) in [4.78, 5) is 12.0. The molecule has 0 saturated heterocycles. The summed E-state index contributed by atoms with van der Waals surface area (Å²) in [6.45, 7) is 0. The fourth-order valence-electron chi connectivity index (χ4n) is 1.79. The second kappa shape index (κ2) is 4.52. The summed E-state index contributed by atoms with van der Waals surface area (Å²) in [6.07, 6.45) is 1.80. The molecule has 7 nitrogen and oxygen atoms in total. The van der Waals surface area contributed by atoms with E-state index in [1.54, 1.807) is 7.05 Å². The smallest absolute Gasteiger partial charge is 0.303 e. The van der Waals surface area contributed by atoms with Crippen molar-refractivity contribution in [2.45, 2.75) is 25.0 Å². The highest BCUT2D eigenvalue weighted by Crippen LogP contribution is 2.49. The highest BCUT2D eigenvalue weighted by Gasteiger charge is 2.45. The van der Waals surface area contributed by atoms with Gasteiger partial charge in [-0.2, -0.15) is 4.80 Å². The summed E-state index contributed by atoms with van der Waals surface area (Å²) in [5.74, 6) is 0.279. The van der Waals surface area contributed by atoms with Gasteiger partial charge in [0.1, 0.15) is 0 Å². The first-order chi connectivity index (χ1) is 7.99. The predicted molar refractivity (Wildman–Crippen MR) is 59.4 cm³/mol. The van der Waals surface area contributed by atoms with E-state index in [0.717, 1.165) is 12.8 Å². The number of aliphatic carboxylic acids is 1. The van der Waals surface area contributed by atoms with E-state index in [2.05, 4.69) is 15.4 Å². The van der Waals surface area contributed by atoms with Crippen LogP contribution in [0.4, 0.5) is 0 Å². The quantitative estimate of drug-likeness (QED) is 0.753. The maximum absolute atomic E-state index is 11.9. The average molecular weight is 258 g/mol. The Morgan fingerprint density at radius 1 is 1.59 bits per heavy atom. The number of hydrogen-bond acceptors (Lipinski definition) is 5. The number of hydrogen-bond donors (Lipinski definition) is 1. The van der Waals surface area contributed by atoms with Crippen LogP contribution >= 0.6 is 0 Å². The van der Waals surface area contributed by atoms with E-state index in [9.17, 15) is 9.00 Å². The first-order valence-corrected chi connectivity index (χ1v) is 6.78. The molecule has 0 bridgehead atoms. The monoisotopic (exact) mass is 258 g/mol. The molecule has 2 rings (SSSR count). The van der Waals surface area contributed by atoms with E-state index in [1.165, 1.54) is 4.80 Å². The van der Waals surface area contributed by atoms with Gasteiger partial charge in [0.2, 0.25) is 0 Å². The van der Waals surface area contributed by atoms with Crippen LogP contribution < -0.4 is 0 Å². The zero-order valence-electron chi connectivity index (χ0n) is 9.50. The lowest BCUT2D eigenvalue weighted by Gasteiger charge is -2.10. The van der Waals surface area contributed by atoms with Crippen LogP contribution in [0.15, 0.2) is 0 Å². The van der Waals surface area contributed by atoms with Gasteiger partial charge in [0.05, 0.1) is 19.2 Å². The molecule has 1 aromatic heterocycles. The van der Waals surface area contributed by atoms with Crippen molar-refractivity contribution in [3.63, 3.8) is 0 Å². The van der Waals surface area contributed by atoms with E-state index in [-0.39, 0.29) is 17.6 Å². The van der Waals surface area contributed by atoms with Crippen LogP contribution in [0.5, 0.6) is 0 Å². The SMILES string of the molecule is Cn1nnc(CS(=O)CC2(CC(=O)O)CC2)n1. The van der Waals surface area contributed by atoms with Gasteiger partial charge in [-0.05, 0) is 23.5 Å². The summed E-state index contributed by atoms with van der Waals surface area (Å²) < 4.78 is 11.9. The molecule has 1 aliphatic carbocycles. The number of aryl methyl sites for hydroxylation is 1. The molecule has 0 aliphatic heterocycles. The van der Waals surface area contributed by atoms with Gasteiger partial charge >= 0.3 is 5.97 Å². The van der Waals surface area contributed by atoms with Gasteiger partial charge in [-0.1, -0.05) is 0 Å². The van der Waals surface area contributed by atoms with Crippen LogP contribution in [0.25, 0.3) is 0 Å².